The normalized spacial score (nSPS) is 12.1. The van der Waals surface area contributed by atoms with Gasteiger partial charge in [0, 0.05) is 0 Å². The molecule has 1 atom stereocenters. The highest BCUT2D eigenvalue weighted by Crippen LogP contribution is 2.25. The van der Waals surface area contributed by atoms with Crippen LogP contribution in [0.1, 0.15) is 10.4 Å². The summed E-state index contributed by atoms with van der Waals surface area (Å²) in [7, 11) is -2.56. The molecule has 0 unspecified atom stereocenters. The molecule has 0 amide bonds. The van der Waals surface area contributed by atoms with Crippen LogP contribution in [-0.4, -0.2) is 45.9 Å². The van der Waals surface area contributed by atoms with Gasteiger partial charge in [0.1, 0.15) is 24.2 Å². The molecule has 0 radical (unpaired) electrons. The molecular weight excluding hydrogens is 434 g/mol. The first-order valence-corrected chi connectivity index (χ1v) is 11.1. The van der Waals surface area contributed by atoms with E-state index >= 15 is 0 Å². The number of hydrogen-bond donors (Lipinski definition) is 1. The number of carbonyl (C=O) groups excluding carboxylic acids is 1. The topological polar surface area (TPSA) is 116 Å². The number of aliphatic hydroxyl groups excluding tert-OH is 1. The van der Waals surface area contributed by atoms with Crippen LogP contribution in [0.25, 0.3) is 0 Å². The Morgan fingerprint density at radius 1 is 1.00 bits per heavy atom. The van der Waals surface area contributed by atoms with Crippen LogP contribution in [0.5, 0.6) is 11.5 Å². The van der Waals surface area contributed by atoms with Gasteiger partial charge >= 0.3 is 0 Å². The fraction of sp³-hybridized carbons (Fsp3) is 0.174. The van der Waals surface area contributed by atoms with Gasteiger partial charge in [-0.2, -0.15) is 0 Å². The number of carboxylic acids is 1. The fourth-order valence-corrected chi connectivity index (χ4v) is 4.47. The summed E-state index contributed by atoms with van der Waals surface area (Å²) in [6.45, 7) is -0.544. The summed E-state index contributed by atoms with van der Waals surface area (Å²) < 4.78 is 38.2. The Hall–Kier alpha value is -3.56. The smallest absolute Gasteiger partial charge is 0.264 e. The molecule has 3 rings (SSSR count). The van der Waals surface area contributed by atoms with Gasteiger partial charge < -0.3 is 24.5 Å². The zero-order valence-electron chi connectivity index (χ0n) is 17.2. The van der Waals surface area contributed by atoms with Crippen molar-refractivity contribution in [3.05, 3.63) is 84.4 Å². The molecule has 0 saturated heterocycles. The van der Waals surface area contributed by atoms with Crippen molar-refractivity contribution in [2.75, 3.05) is 24.6 Å². The molecule has 168 valence electrons. The molecule has 0 aromatic heterocycles. The summed E-state index contributed by atoms with van der Waals surface area (Å²) in [5.41, 5.74) is -0.0983. The maximum absolute atomic E-state index is 13.3. The van der Waals surface area contributed by atoms with Crippen LogP contribution >= 0.6 is 0 Å². The number of anilines is 1. The van der Waals surface area contributed by atoms with E-state index < -0.39 is 22.1 Å². The molecule has 3 aromatic carbocycles. The van der Waals surface area contributed by atoms with Crippen molar-refractivity contribution in [3.63, 3.8) is 0 Å². The van der Waals surface area contributed by atoms with E-state index in [4.69, 9.17) is 9.47 Å². The van der Waals surface area contributed by atoms with E-state index in [9.17, 15) is 23.4 Å². The van der Waals surface area contributed by atoms with Gasteiger partial charge in [0.05, 0.1) is 30.2 Å². The number of sulfonamides is 1. The molecule has 3 aromatic rings. The Kier molecular flexibility index (Phi) is 7.34. The molecular formula is C23H22NO7S-. The minimum absolute atomic E-state index is 0.00197. The average molecular weight is 456 g/mol. The number of aromatic carboxylic acids is 1. The van der Waals surface area contributed by atoms with Crippen LogP contribution in [0.15, 0.2) is 83.8 Å². The lowest BCUT2D eigenvalue weighted by molar-refractivity contribution is -0.255. The number of rotatable bonds is 10. The Balaban J connectivity index is 1.85. The number of nitrogens with zero attached hydrogens (tertiary/aromatic N) is 1. The van der Waals surface area contributed by atoms with Crippen LogP contribution in [0.2, 0.25) is 0 Å². The van der Waals surface area contributed by atoms with Crippen LogP contribution in [0.4, 0.5) is 5.69 Å². The molecule has 8 nitrogen and oxygen atoms in total. The van der Waals surface area contributed by atoms with Gasteiger partial charge in [-0.05, 0) is 54.1 Å². The molecule has 0 aliphatic rings. The first-order valence-electron chi connectivity index (χ1n) is 9.65. The van der Waals surface area contributed by atoms with Crippen LogP contribution in [-0.2, 0) is 10.0 Å². The number of methoxy groups -OCH3 is 1. The van der Waals surface area contributed by atoms with Gasteiger partial charge in [-0.1, -0.05) is 30.3 Å². The lowest BCUT2D eigenvalue weighted by atomic mass is 10.2. The van der Waals surface area contributed by atoms with Gasteiger partial charge in [0.15, 0.2) is 0 Å². The molecule has 0 bridgehead atoms. The predicted molar refractivity (Wildman–Crippen MR) is 116 cm³/mol. The minimum Gasteiger partial charge on any atom is -0.545 e. The largest absolute Gasteiger partial charge is 0.545 e. The van der Waals surface area contributed by atoms with Crippen LogP contribution < -0.4 is 18.9 Å². The molecule has 0 aliphatic carbocycles. The monoisotopic (exact) mass is 456 g/mol. The highest BCUT2D eigenvalue weighted by molar-refractivity contribution is 7.92. The summed E-state index contributed by atoms with van der Waals surface area (Å²) in [6.07, 6.45) is -1.21. The predicted octanol–water partition coefficient (Wildman–Crippen LogP) is 1.69. The summed E-state index contributed by atoms with van der Waals surface area (Å²) in [6, 6.07) is 19.7. The van der Waals surface area contributed by atoms with Gasteiger partial charge in [-0.3, -0.25) is 4.31 Å². The second-order valence-corrected chi connectivity index (χ2v) is 8.69. The lowest BCUT2D eigenvalue weighted by Crippen LogP contribution is -2.40. The Labute approximate surface area is 186 Å². The van der Waals surface area contributed by atoms with Crippen molar-refractivity contribution in [2.45, 2.75) is 11.0 Å². The van der Waals surface area contributed by atoms with Crippen molar-refractivity contribution in [3.8, 4) is 11.5 Å². The van der Waals surface area contributed by atoms with Gasteiger partial charge in [0.25, 0.3) is 10.0 Å². The maximum atomic E-state index is 13.3. The molecule has 32 heavy (non-hydrogen) atoms. The van der Waals surface area contributed by atoms with Crippen molar-refractivity contribution < 1.29 is 32.9 Å². The lowest BCUT2D eigenvalue weighted by Gasteiger charge is -2.27. The third-order valence-electron chi connectivity index (χ3n) is 4.58. The third kappa shape index (κ3) is 5.57. The summed E-state index contributed by atoms with van der Waals surface area (Å²) >= 11 is 0. The number of carboxylic acid groups (broad SMARTS) is 1. The number of ether oxygens (including phenoxy) is 2. The Bertz CT molecular complexity index is 1150. The second kappa shape index (κ2) is 10.2. The molecule has 0 saturated carbocycles. The Morgan fingerprint density at radius 3 is 2.28 bits per heavy atom. The Morgan fingerprint density at radius 2 is 1.66 bits per heavy atom. The SMILES string of the molecule is COc1ccc(OC[C@H](O)CN(c2cccc(C(=O)[O-])c2)S(=O)(=O)c2ccccc2)cc1. The molecule has 0 aliphatic heterocycles. The minimum atomic E-state index is -4.10. The first kappa shape index (κ1) is 23.1. The fourth-order valence-electron chi connectivity index (χ4n) is 2.96. The molecule has 1 N–H and O–H groups in total. The van der Waals surface area contributed by atoms with E-state index in [0.29, 0.717) is 11.5 Å². The highest BCUT2D eigenvalue weighted by Gasteiger charge is 2.27. The zero-order chi connectivity index (χ0) is 23.1. The van der Waals surface area contributed by atoms with E-state index in [1.807, 2.05) is 0 Å². The van der Waals surface area contributed by atoms with Crippen molar-refractivity contribution in [1.29, 1.82) is 0 Å². The molecule has 0 fully saturated rings. The first-order chi connectivity index (χ1) is 15.3. The van der Waals surface area contributed by atoms with Gasteiger partial charge in [-0.15, -0.1) is 0 Å². The third-order valence-corrected chi connectivity index (χ3v) is 6.39. The van der Waals surface area contributed by atoms with Crippen molar-refractivity contribution in [2.24, 2.45) is 0 Å². The quantitative estimate of drug-likeness (QED) is 0.493. The second-order valence-electron chi connectivity index (χ2n) is 6.83. The number of aliphatic hydroxyl groups is 1. The van der Waals surface area contributed by atoms with Crippen LogP contribution in [0.3, 0.4) is 0 Å². The van der Waals surface area contributed by atoms with Crippen molar-refractivity contribution in [1.82, 2.24) is 0 Å². The maximum Gasteiger partial charge on any atom is 0.264 e. The van der Waals surface area contributed by atoms with E-state index in [0.717, 1.165) is 4.31 Å². The number of carbonyl (C=O) groups is 1. The van der Waals surface area contributed by atoms with E-state index in [1.54, 1.807) is 42.5 Å². The van der Waals surface area contributed by atoms with E-state index in [-0.39, 0.29) is 29.3 Å². The zero-order valence-corrected chi connectivity index (χ0v) is 18.1. The summed E-state index contributed by atoms with van der Waals surface area (Å²) in [5, 5.41) is 21.8. The molecule has 9 heteroatoms. The number of benzene rings is 3. The van der Waals surface area contributed by atoms with E-state index in [1.165, 1.54) is 43.5 Å². The summed E-state index contributed by atoms with van der Waals surface area (Å²) in [5.74, 6) is -0.320. The van der Waals surface area contributed by atoms with Crippen molar-refractivity contribution >= 4 is 21.7 Å². The van der Waals surface area contributed by atoms with Gasteiger partial charge in [0.2, 0.25) is 0 Å². The average Bonchev–Trinajstić information content (AvgIpc) is 2.82. The van der Waals surface area contributed by atoms with E-state index in [2.05, 4.69) is 0 Å². The van der Waals surface area contributed by atoms with Gasteiger partial charge in [-0.25, -0.2) is 8.42 Å². The standard InChI is InChI=1S/C23H23NO7S/c1-30-20-10-12-21(13-11-20)31-16-19(25)15-24(18-7-5-6-17(14-18)23(26)27)32(28,29)22-8-3-2-4-9-22/h2-14,19,25H,15-16H2,1H3,(H,26,27)/p-1/t19-/m1/s1. The molecule has 0 spiro atoms. The highest BCUT2D eigenvalue weighted by atomic mass is 32.2. The summed E-state index contributed by atoms with van der Waals surface area (Å²) in [4.78, 5) is 11.3. The molecule has 0 heterocycles. The number of hydrogen-bond acceptors (Lipinski definition) is 7. The van der Waals surface area contributed by atoms with Crippen LogP contribution in [0, 0.1) is 0 Å².